The van der Waals surface area contributed by atoms with Crippen LogP contribution in [-0.4, -0.2) is 33.2 Å². The zero-order valence-electron chi connectivity index (χ0n) is 22.8. The number of carbonyl (C=O) groups is 2. The Morgan fingerprint density at radius 2 is 1.55 bits per heavy atom. The van der Waals surface area contributed by atoms with E-state index in [2.05, 4.69) is 5.32 Å². The summed E-state index contributed by atoms with van der Waals surface area (Å²) in [5, 5.41) is 17.9. The molecule has 1 aromatic heterocycles. The molecule has 0 aliphatic heterocycles. The molecule has 0 saturated carbocycles. The topological polar surface area (TPSA) is 101 Å². The van der Waals surface area contributed by atoms with Gasteiger partial charge in [-0.15, -0.1) is 0 Å². The average molecular weight is 578 g/mol. The zero-order valence-corrected chi connectivity index (χ0v) is 23.6. The molecule has 0 spiro atoms. The Labute approximate surface area is 248 Å². The Kier molecular flexibility index (Phi) is 8.60. The number of carboxylic acid groups (broad SMARTS) is 1. The molecule has 0 radical (unpaired) electrons. The third-order valence-electron chi connectivity index (χ3n) is 6.99. The van der Waals surface area contributed by atoms with E-state index in [1.54, 1.807) is 30.3 Å². The number of nitrogens with zero attached hydrogens (tertiary/aromatic N) is 2. The van der Waals surface area contributed by atoms with Crippen LogP contribution >= 0.6 is 11.6 Å². The quantitative estimate of drug-likeness (QED) is 0.173. The Morgan fingerprint density at radius 1 is 0.881 bits per heavy atom. The molecule has 5 aromatic rings. The molecule has 0 bridgehead atoms. The number of nitrogens with one attached hydrogen (secondary N) is 1. The van der Waals surface area contributed by atoms with Crippen LogP contribution in [-0.2, 0) is 6.42 Å². The van der Waals surface area contributed by atoms with Crippen molar-refractivity contribution in [3.63, 3.8) is 0 Å². The molecule has 0 aliphatic carbocycles. The molecule has 42 heavy (non-hydrogen) atoms. The first kappa shape index (κ1) is 28.5. The summed E-state index contributed by atoms with van der Waals surface area (Å²) in [6.45, 7) is 1.83. The molecule has 210 valence electrons. The van der Waals surface area contributed by atoms with Gasteiger partial charge >= 0.3 is 5.97 Å². The van der Waals surface area contributed by atoms with Gasteiger partial charge in [-0.05, 0) is 66.9 Å². The highest BCUT2D eigenvalue weighted by Crippen LogP contribution is 2.34. The normalized spacial score (nSPS) is 11.6. The number of carbonyl (C=O) groups excluding carboxylic acids is 1. The Balaban J connectivity index is 1.62. The van der Waals surface area contributed by atoms with Gasteiger partial charge in [0.15, 0.2) is 5.78 Å². The summed E-state index contributed by atoms with van der Waals surface area (Å²) in [5.41, 5.74) is 4.44. The van der Waals surface area contributed by atoms with E-state index in [1.807, 2.05) is 60.7 Å². The summed E-state index contributed by atoms with van der Waals surface area (Å²) >= 11 is 6.35. The van der Waals surface area contributed by atoms with Crippen LogP contribution in [0.4, 0.5) is 5.69 Å². The summed E-state index contributed by atoms with van der Waals surface area (Å²) < 4.78 is 1.48. The van der Waals surface area contributed by atoms with Gasteiger partial charge in [0.1, 0.15) is 0 Å². The molecular weight excluding hydrogens is 550 g/mol. The van der Waals surface area contributed by atoms with Gasteiger partial charge in [0.25, 0.3) is 5.56 Å². The monoisotopic (exact) mass is 577 g/mol. The number of benzene rings is 4. The lowest BCUT2D eigenvalue weighted by atomic mass is 9.94. The van der Waals surface area contributed by atoms with E-state index >= 15 is 0 Å². The van der Waals surface area contributed by atoms with Crippen molar-refractivity contribution in [2.24, 2.45) is 0 Å². The predicted molar refractivity (Wildman–Crippen MR) is 165 cm³/mol. The summed E-state index contributed by atoms with van der Waals surface area (Å²) in [7, 11) is 0. The first-order valence-electron chi connectivity index (χ1n) is 13.4. The van der Waals surface area contributed by atoms with Crippen molar-refractivity contribution >= 4 is 29.0 Å². The van der Waals surface area contributed by atoms with E-state index in [-0.39, 0.29) is 16.9 Å². The van der Waals surface area contributed by atoms with E-state index in [9.17, 15) is 19.5 Å². The lowest BCUT2D eigenvalue weighted by molar-refractivity contribution is 0.0696. The molecule has 0 aliphatic rings. The van der Waals surface area contributed by atoms with Gasteiger partial charge in [-0.1, -0.05) is 72.3 Å². The van der Waals surface area contributed by atoms with Crippen LogP contribution in [0.25, 0.3) is 22.4 Å². The zero-order chi connectivity index (χ0) is 29.6. The second-order valence-corrected chi connectivity index (χ2v) is 10.3. The molecule has 4 aromatic carbocycles. The minimum atomic E-state index is -1.000. The van der Waals surface area contributed by atoms with Crippen LogP contribution in [0.2, 0.25) is 5.02 Å². The number of hydrogen-bond acceptors (Lipinski definition) is 5. The highest BCUT2D eigenvalue weighted by Gasteiger charge is 2.22. The number of halogens is 1. The maximum absolute atomic E-state index is 13.8. The standard InChI is InChI=1S/C34H28ClN3O4/c1-22(39)29-17-14-26(35)19-30(29)31-20-32(40)38(37-33(31)24-10-6-3-7-11-24)28(18-23-8-4-2-5-9-23)21-36-27-15-12-25(13-16-27)34(41)42/h2-17,19-20,28,36H,18,21H2,1H3,(H,41,42)/t28-/m0/s1. The summed E-state index contributed by atoms with van der Waals surface area (Å²) in [5.74, 6) is -1.15. The van der Waals surface area contributed by atoms with Gasteiger partial charge in [-0.25, -0.2) is 9.48 Å². The molecule has 0 saturated heterocycles. The number of carboxylic acids is 1. The maximum Gasteiger partial charge on any atom is 0.335 e. The molecule has 8 heteroatoms. The highest BCUT2D eigenvalue weighted by molar-refractivity contribution is 6.31. The van der Waals surface area contributed by atoms with Crippen molar-refractivity contribution in [3.8, 4) is 22.4 Å². The van der Waals surface area contributed by atoms with E-state index in [0.717, 1.165) is 16.8 Å². The van der Waals surface area contributed by atoms with Crippen molar-refractivity contribution in [1.82, 2.24) is 9.78 Å². The molecule has 2 N–H and O–H groups in total. The molecule has 0 amide bonds. The van der Waals surface area contributed by atoms with E-state index in [0.29, 0.717) is 40.4 Å². The van der Waals surface area contributed by atoms with Crippen LogP contribution < -0.4 is 10.9 Å². The van der Waals surface area contributed by atoms with Gasteiger partial charge in [0, 0.05) is 40.0 Å². The number of aromatic carboxylic acids is 1. The number of rotatable bonds is 10. The van der Waals surface area contributed by atoms with Crippen LogP contribution in [0.15, 0.2) is 114 Å². The third kappa shape index (κ3) is 6.48. The van der Waals surface area contributed by atoms with Gasteiger partial charge in [-0.3, -0.25) is 9.59 Å². The second-order valence-electron chi connectivity index (χ2n) is 9.91. The molecule has 1 heterocycles. The lowest BCUT2D eigenvalue weighted by Gasteiger charge is -2.22. The first-order chi connectivity index (χ1) is 20.3. The minimum absolute atomic E-state index is 0.148. The summed E-state index contributed by atoms with van der Waals surface area (Å²) in [6.07, 6.45) is 0.511. The molecule has 7 nitrogen and oxygen atoms in total. The van der Waals surface area contributed by atoms with Gasteiger partial charge in [0.05, 0.1) is 17.3 Å². The Morgan fingerprint density at radius 3 is 2.19 bits per heavy atom. The fraction of sp³-hybridized carbons (Fsp3) is 0.118. The molecule has 0 unspecified atom stereocenters. The predicted octanol–water partition coefficient (Wildman–Crippen LogP) is 7.03. The number of hydrogen-bond donors (Lipinski definition) is 2. The van der Waals surface area contributed by atoms with Gasteiger partial charge < -0.3 is 10.4 Å². The Hall–Kier alpha value is -5.01. The SMILES string of the molecule is CC(=O)c1ccc(Cl)cc1-c1cc(=O)n([C@H](CNc2ccc(C(=O)O)cc2)Cc2ccccc2)nc1-c1ccccc1. The smallest absolute Gasteiger partial charge is 0.335 e. The molecule has 1 atom stereocenters. The van der Waals surface area contributed by atoms with Crippen molar-refractivity contribution in [2.75, 3.05) is 11.9 Å². The summed E-state index contributed by atoms with van der Waals surface area (Å²) in [6, 6.07) is 31.9. The molecule has 5 rings (SSSR count). The van der Waals surface area contributed by atoms with Gasteiger partial charge in [0.2, 0.25) is 0 Å². The number of anilines is 1. The van der Waals surface area contributed by atoms with Crippen molar-refractivity contribution in [3.05, 3.63) is 141 Å². The van der Waals surface area contributed by atoms with Crippen molar-refractivity contribution in [2.45, 2.75) is 19.4 Å². The fourth-order valence-electron chi connectivity index (χ4n) is 4.89. The largest absolute Gasteiger partial charge is 0.478 e. The highest BCUT2D eigenvalue weighted by atomic mass is 35.5. The minimum Gasteiger partial charge on any atom is -0.478 e. The van der Waals surface area contributed by atoms with Crippen LogP contribution in [0, 0.1) is 0 Å². The van der Waals surface area contributed by atoms with Crippen LogP contribution in [0.1, 0.15) is 39.2 Å². The van der Waals surface area contributed by atoms with Crippen molar-refractivity contribution < 1.29 is 14.7 Å². The van der Waals surface area contributed by atoms with Crippen molar-refractivity contribution in [1.29, 1.82) is 0 Å². The third-order valence-corrected chi connectivity index (χ3v) is 7.22. The molecular formula is C34H28ClN3O4. The van der Waals surface area contributed by atoms with E-state index < -0.39 is 12.0 Å². The first-order valence-corrected chi connectivity index (χ1v) is 13.8. The number of Topliss-reactive ketones (excluding diaryl/α,β-unsaturated/α-hetero) is 1. The Bertz CT molecular complexity index is 1790. The van der Waals surface area contributed by atoms with E-state index in [1.165, 1.54) is 29.8 Å². The molecule has 0 fully saturated rings. The average Bonchev–Trinajstić information content (AvgIpc) is 3.00. The van der Waals surface area contributed by atoms with Gasteiger partial charge in [-0.2, -0.15) is 5.10 Å². The number of aromatic nitrogens is 2. The van der Waals surface area contributed by atoms with E-state index in [4.69, 9.17) is 16.7 Å². The second kappa shape index (κ2) is 12.7. The fourth-order valence-corrected chi connectivity index (χ4v) is 5.06. The summed E-state index contributed by atoms with van der Waals surface area (Å²) in [4.78, 5) is 37.6. The van der Waals surface area contributed by atoms with Crippen LogP contribution in [0.3, 0.4) is 0 Å². The maximum atomic E-state index is 13.8. The van der Waals surface area contributed by atoms with Crippen LogP contribution in [0.5, 0.6) is 0 Å². The lowest BCUT2D eigenvalue weighted by Crippen LogP contribution is -2.33. The number of ketones is 1.